The Labute approximate surface area is 379 Å². The monoisotopic (exact) mass is 945 g/mol. The molecule has 26 heteroatoms. The summed E-state index contributed by atoms with van der Waals surface area (Å²) in [7, 11) is 0. The number of thioether (sulfide) groups is 2. The minimum atomic E-state index is -1.78. The molecule has 0 bridgehead atoms. The van der Waals surface area contributed by atoms with Crippen LogP contribution in [0.3, 0.4) is 0 Å². The first-order chi connectivity index (χ1) is 30.2. The fourth-order valence-corrected chi connectivity index (χ4v) is 8.03. The van der Waals surface area contributed by atoms with Crippen molar-refractivity contribution in [3.05, 3.63) is 0 Å². The van der Waals surface area contributed by atoms with Gasteiger partial charge < -0.3 is 68.9 Å². The van der Waals surface area contributed by atoms with E-state index in [9.17, 15) is 63.3 Å². The zero-order valence-electron chi connectivity index (χ0n) is 36.2. The summed E-state index contributed by atoms with van der Waals surface area (Å²) in [6, 6.07) is -10.3. The van der Waals surface area contributed by atoms with Crippen LogP contribution in [0.15, 0.2) is 4.99 Å². The molecule has 0 saturated carbocycles. The van der Waals surface area contributed by atoms with E-state index in [1.807, 2.05) is 6.26 Å². The molecule has 2 saturated heterocycles. The number of aliphatic carboxylic acids is 3. The van der Waals surface area contributed by atoms with E-state index in [4.69, 9.17) is 17.2 Å². The van der Waals surface area contributed by atoms with Gasteiger partial charge in [0.25, 0.3) is 0 Å². The number of hydrogen-bond acceptors (Lipinski definition) is 14. The van der Waals surface area contributed by atoms with Gasteiger partial charge in [0.1, 0.15) is 42.3 Å². The van der Waals surface area contributed by atoms with Crippen molar-refractivity contribution in [1.82, 2.24) is 36.4 Å². The number of aliphatic imine (C=N–C) groups is 1. The third-order valence-electron chi connectivity index (χ3n) is 10.5. The number of carboxylic acid groups (broad SMARTS) is 3. The average molecular weight is 946 g/mol. The number of hydrogen-bond donors (Lipinski definition) is 11. The van der Waals surface area contributed by atoms with Crippen LogP contribution in [0.25, 0.3) is 0 Å². The first-order valence-electron chi connectivity index (χ1n) is 20.8. The van der Waals surface area contributed by atoms with Crippen molar-refractivity contribution in [2.24, 2.45) is 22.2 Å². The van der Waals surface area contributed by atoms with E-state index in [1.165, 1.54) is 35.3 Å². The predicted molar refractivity (Wildman–Crippen MR) is 235 cm³/mol. The Morgan fingerprint density at radius 2 is 1.17 bits per heavy atom. The van der Waals surface area contributed by atoms with Crippen molar-refractivity contribution in [2.45, 2.75) is 126 Å². The summed E-state index contributed by atoms with van der Waals surface area (Å²) in [5, 5.41) is 41.1. The highest BCUT2D eigenvalue weighted by molar-refractivity contribution is 7.98. The van der Waals surface area contributed by atoms with Crippen LogP contribution in [-0.2, 0) is 47.9 Å². The summed E-state index contributed by atoms with van der Waals surface area (Å²) in [6.07, 6.45) is 3.19. The fourth-order valence-electron chi connectivity index (χ4n) is 7.07. The lowest BCUT2D eigenvalue weighted by Gasteiger charge is -2.31. The Hall–Kier alpha value is -5.37. The number of guanidine groups is 1. The number of nitrogens with one attached hydrogen (secondary N) is 5. The summed E-state index contributed by atoms with van der Waals surface area (Å²) in [5.41, 5.74) is 16.8. The van der Waals surface area contributed by atoms with Gasteiger partial charge in [0, 0.05) is 26.1 Å². The molecule has 2 fully saturated rings. The van der Waals surface area contributed by atoms with Gasteiger partial charge in [-0.2, -0.15) is 23.5 Å². The Morgan fingerprint density at radius 1 is 0.656 bits per heavy atom. The van der Waals surface area contributed by atoms with Gasteiger partial charge in [-0.1, -0.05) is 0 Å². The predicted octanol–water partition coefficient (Wildman–Crippen LogP) is -3.28. The second-order valence-electron chi connectivity index (χ2n) is 15.3. The lowest BCUT2D eigenvalue weighted by molar-refractivity contribution is -0.147. The molecular weight excluding hydrogens is 883 g/mol. The number of carboxylic acids is 3. The van der Waals surface area contributed by atoms with Gasteiger partial charge in [-0.15, -0.1) is 0 Å². The molecule has 360 valence electrons. The maximum Gasteiger partial charge on any atom is 0.326 e. The van der Waals surface area contributed by atoms with E-state index in [0.29, 0.717) is 30.8 Å². The standard InChI is InChI=1S/C38H63N11O13S2/c1-20(43-31(55)22(7-4-14-42-38(40)41)44-30(54)21(39)12-17-63-2)35(59)48-15-5-8-26(48)33(57)45-23(10-11-28(50)51)32(56)47-25(19-29(52)53)36(60)49-16-6-9-27(49)34(58)46-24(37(61)62)13-18-64-3/h20-27H,4-19,39H2,1-3H3,(H,43,55)(H,44,54)(H,45,57)(H,46,58)(H,47,56)(H,50,51)(H,52,53)(H,61,62)(H4,40,41,42)/t20-,21-,22-,23-,24-,25-,26-,27-/m0/s1. The van der Waals surface area contributed by atoms with Crippen LogP contribution in [0.1, 0.15) is 77.6 Å². The third-order valence-corrected chi connectivity index (χ3v) is 11.7. The van der Waals surface area contributed by atoms with Gasteiger partial charge in [-0.3, -0.25) is 48.1 Å². The Balaban J connectivity index is 2.24. The zero-order valence-corrected chi connectivity index (χ0v) is 37.9. The van der Waals surface area contributed by atoms with Gasteiger partial charge in [0.15, 0.2) is 5.96 Å². The maximum atomic E-state index is 13.8. The van der Waals surface area contributed by atoms with Crippen molar-refractivity contribution < 1.29 is 63.3 Å². The lowest BCUT2D eigenvalue weighted by Crippen LogP contribution is -2.59. The highest BCUT2D eigenvalue weighted by Crippen LogP contribution is 2.22. The molecule has 0 unspecified atom stereocenters. The Bertz CT molecular complexity index is 1720. The molecule has 2 rings (SSSR count). The molecule has 2 heterocycles. The Morgan fingerprint density at radius 3 is 1.70 bits per heavy atom. The molecule has 2 aliphatic heterocycles. The maximum absolute atomic E-state index is 13.8. The molecule has 14 N–H and O–H groups in total. The topological polar surface area (TPSA) is 388 Å². The van der Waals surface area contributed by atoms with Crippen LogP contribution in [0, 0.1) is 0 Å². The summed E-state index contributed by atoms with van der Waals surface area (Å²) < 4.78 is 0. The first-order valence-corrected chi connectivity index (χ1v) is 23.6. The second-order valence-corrected chi connectivity index (χ2v) is 17.3. The largest absolute Gasteiger partial charge is 0.481 e. The zero-order chi connectivity index (χ0) is 48.1. The number of carbonyl (C=O) groups excluding carboxylic acids is 7. The minimum Gasteiger partial charge on any atom is -0.481 e. The highest BCUT2D eigenvalue weighted by Gasteiger charge is 2.42. The van der Waals surface area contributed by atoms with Crippen molar-refractivity contribution in [2.75, 3.05) is 43.7 Å². The molecule has 7 amide bonds. The van der Waals surface area contributed by atoms with Crippen LogP contribution in [0.4, 0.5) is 0 Å². The molecule has 0 aliphatic carbocycles. The molecule has 8 atom stereocenters. The summed E-state index contributed by atoms with van der Waals surface area (Å²) >= 11 is 2.86. The van der Waals surface area contributed by atoms with E-state index in [2.05, 4.69) is 31.6 Å². The van der Waals surface area contributed by atoms with Crippen LogP contribution >= 0.6 is 23.5 Å². The van der Waals surface area contributed by atoms with Crippen molar-refractivity contribution in [1.29, 1.82) is 0 Å². The first kappa shape index (κ1) is 54.8. The van der Waals surface area contributed by atoms with Crippen LogP contribution in [-0.4, -0.2) is 182 Å². The van der Waals surface area contributed by atoms with Crippen molar-refractivity contribution >= 4 is 88.7 Å². The SMILES string of the molecule is CSCC[C@H](NC(=O)[C@@H]1CCCN1C(=O)[C@H](CC(=O)O)NC(=O)[C@H](CCC(=O)O)NC(=O)[C@@H]1CCCN1C(=O)[C@H](C)NC(=O)[C@H](CCCN=C(N)N)NC(=O)[C@@H](N)CCSC)C(=O)O. The van der Waals surface area contributed by atoms with Crippen molar-refractivity contribution in [3.63, 3.8) is 0 Å². The van der Waals surface area contributed by atoms with Crippen LogP contribution < -0.4 is 43.8 Å². The number of carbonyl (C=O) groups is 10. The van der Waals surface area contributed by atoms with E-state index in [-0.39, 0.29) is 57.7 Å². The van der Waals surface area contributed by atoms with E-state index < -0.39 is 127 Å². The summed E-state index contributed by atoms with van der Waals surface area (Å²) in [6.45, 7) is 1.57. The van der Waals surface area contributed by atoms with Gasteiger partial charge >= 0.3 is 17.9 Å². The quantitative estimate of drug-likeness (QED) is 0.0208. The van der Waals surface area contributed by atoms with Gasteiger partial charge in [0.05, 0.1) is 12.5 Å². The second kappa shape index (κ2) is 27.7. The van der Waals surface area contributed by atoms with Crippen molar-refractivity contribution in [3.8, 4) is 0 Å². The van der Waals surface area contributed by atoms with Gasteiger partial charge in [0.2, 0.25) is 41.4 Å². The number of nitrogens with zero attached hydrogens (tertiary/aromatic N) is 3. The number of nitrogens with two attached hydrogens (primary N) is 3. The van der Waals surface area contributed by atoms with Crippen LogP contribution in [0.2, 0.25) is 0 Å². The lowest BCUT2D eigenvalue weighted by atomic mass is 10.1. The van der Waals surface area contributed by atoms with E-state index in [1.54, 1.807) is 6.26 Å². The molecule has 0 aromatic heterocycles. The van der Waals surface area contributed by atoms with E-state index in [0.717, 1.165) is 4.90 Å². The molecule has 0 radical (unpaired) electrons. The Kier molecular flexibility index (Phi) is 23.7. The van der Waals surface area contributed by atoms with E-state index >= 15 is 0 Å². The third kappa shape index (κ3) is 18.0. The normalized spacial score (nSPS) is 18.6. The highest BCUT2D eigenvalue weighted by atomic mass is 32.2. The molecule has 0 aromatic carbocycles. The number of likely N-dealkylation sites (tertiary alicyclic amines) is 2. The smallest absolute Gasteiger partial charge is 0.326 e. The molecule has 0 spiro atoms. The summed E-state index contributed by atoms with van der Waals surface area (Å²) in [5.74, 6) is -8.99. The average Bonchev–Trinajstić information content (AvgIpc) is 3.94. The molecule has 64 heavy (non-hydrogen) atoms. The number of amides is 7. The van der Waals surface area contributed by atoms with Crippen LogP contribution in [0.5, 0.6) is 0 Å². The van der Waals surface area contributed by atoms with Gasteiger partial charge in [-0.05, 0) is 88.7 Å². The minimum absolute atomic E-state index is 0.0176. The fraction of sp³-hybridized carbons (Fsp3) is 0.711. The molecule has 24 nitrogen and oxygen atoms in total. The molecule has 2 aliphatic rings. The summed E-state index contributed by atoms with van der Waals surface area (Å²) in [4.78, 5) is 136. The molecule has 0 aromatic rings. The molecular formula is C38H63N11O13S2. The number of rotatable bonds is 28. The van der Waals surface area contributed by atoms with Gasteiger partial charge in [-0.25, -0.2) is 4.79 Å².